The SMILES string of the molecule is Cc1nc2cc(N3CC(C(=O)Nc4ccc(OCc5ccc(Cl)cc5)cc4)CC3=O)ccc2s1. The number of rotatable bonds is 6. The van der Waals surface area contributed by atoms with Crippen LogP contribution in [0.25, 0.3) is 10.2 Å². The van der Waals surface area contributed by atoms with Gasteiger partial charge in [0.15, 0.2) is 0 Å². The summed E-state index contributed by atoms with van der Waals surface area (Å²) in [6.45, 7) is 2.74. The van der Waals surface area contributed by atoms with E-state index in [2.05, 4.69) is 10.3 Å². The molecule has 2 heterocycles. The fraction of sp³-hybridized carbons (Fsp3) is 0.192. The smallest absolute Gasteiger partial charge is 0.229 e. The average molecular weight is 492 g/mol. The van der Waals surface area contributed by atoms with Crippen LogP contribution in [0.5, 0.6) is 5.75 Å². The lowest BCUT2D eigenvalue weighted by Crippen LogP contribution is -2.28. The molecule has 4 aromatic rings. The maximum absolute atomic E-state index is 12.8. The summed E-state index contributed by atoms with van der Waals surface area (Å²) in [5.74, 6) is 0.0534. The first-order valence-corrected chi connectivity index (χ1v) is 12.1. The highest BCUT2D eigenvalue weighted by molar-refractivity contribution is 7.18. The number of nitrogens with one attached hydrogen (secondary N) is 1. The standard InChI is InChI=1S/C26H22ClN3O3S/c1-16-28-23-13-21(8-11-24(23)34-16)30-14-18(12-25(30)31)26(32)29-20-6-9-22(10-7-20)33-15-17-2-4-19(27)5-3-17/h2-11,13,18H,12,14-15H2,1H3,(H,29,32). The van der Waals surface area contributed by atoms with Gasteiger partial charge in [-0.1, -0.05) is 23.7 Å². The van der Waals surface area contributed by atoms with Crippen LogP contribution in [0.15, 0.2) is 66.7 Å². The molecule has 172 valence electrons. The Hall–Kier alpha value is -3.42. The van der Waals surface area contributed by atoms with Crippen molar-refractivity contribution in [1.29, 1.82) is 0 Å². The van der Waals surface area contributed by atoms with Gasteiger partial charge in [0.2, 0.25) is 11.8 Å². The topological polar surface area (TPSA) is 71.5 Å². The molecule has 8 heteroatoms. The normalized spacial score (nSPS) is 15.6. The Labute approximate surface area is 206 Å². The molecule has 6 nitrogen and oxygen atoms in total. The van der Waals surface area contributed by atoms with Gasteiger partial charge in [0.1, 0.15) is 12.4 Å². The molecule has 2 amide bonds. The van der Waals surface area contributed by atoms with E-state index in [9.17, 15) is 9.59 Å². The molecule has 1 saturated heterocycles. The molecule has 0 aliphatic carbocycles. The maximum Gasteiger partial charge on any atom is 0.229 e. The van der Waals surface area contributed by atoms with Crippen LogP contribution in [0.2, 0.25) is 5.02 Å². The summed E-state index contributed by atoms with van der Waals surface area (Å²) in [4.78, 5) is 31.7. The Bertz CT molecular complexity index is 1350. The van der Waals surface area contributed by atoms with Crippen LogP contribution < -0.4 is 15.0 Å². The Morgan fingerprint density at radius 1 is 1.15 bits per heavy atom. The molecule has 0 bridgehead atoms. The van der Waals surface area contributed by atoms with Crippen molar-refractivity contribution in [1.82, 2.24) is 4.98 Å². The second-order valence-corrected chi connectivity index (χ2v) is 9.89. The van der Waals surface area contributed by atoms with E-state index in [1.54, 1.807) is 28.4 Å². The number of aryl methyl sites for hydroxylation is 1. The number of hydrogen-bond acceptors (Lipinski definition) is 5. The first kappa shape index (κ1) is 22.4. The monoisotopic (exact) mass is 491 g/mol. The van der Waals surface area contributed by atoms with E-state index in [1.807, 2.05) is 61.5 Å². The van der Waals surface area contributed by atoms with Crippen molar-refractivity contribution in [2.45, 2.75) is 20.0 Å². The van der Waals surface area contributed by atoms with Gasteiger partial charge in [-0.3, -0.25) is 9.59 Å². The third-order valence-corrected chi connectivity index (χ3v) is 6.93. The van der Waals surface area contributed by atoms with Gasteiger partial charge in [-0.15, -0.1) is 11.3 Å². The summed E-state index contributed by atoms with van der Waals surface area (Å²) >= 11 is 7.53. The number of carbonyl (C=O) groups is 2. The largest absolute Gasteiger partial charge is 0.489 e. The van der Waals surface area contributed by atoms with Crippen molar-refractivity contribution in [2.75, 3.05) is 16.8 Å². The number of halogens is 1. The van der Waals surface area contributed by atoms with Crippen LogP contribution >= 0.6 is 22.9 Å². The van der Waals surface area contributed by atoms with E-state index in [-0.39, 0.29) is 18.2 Å². The van der Waals surface area contributed by atoms with Crippen molar-refractivity contribution < 1.29 is 14.3 Å². The number of anilines is 2. The second kappa shape index (κ2) is 9.44. The molecule has 1 N–H and O–H groups in total. The van der Waals surface area contributed by atoms with Crippen molar-refractivity contribution in [3.8, 4) is 5.75 Å². The number of nitrogens with zero attached hydrogens (tertiary/aromatic N) is 2. The minimum absolute atomic E-state index is 0.0580. The lowest BCUT2D eigenvalue weighted by atomic mass is 10.1. The molecule has 1 unspecified atom stereocenters. The summed E-state index contributed by atoms with van der Waals surface area (Å²) in [7, 11) is 0. The Morgan fingerprint density at radius 3 is 2.68 bits per heavy atom. The number of carbonyl (C=O) groups excluding carboxylic acids is 2. The first-order chi connectivity index (χ1) is 16.4. The van der Waals surface area contributed by atoms with E-state index >= 15 is 0 Å². The van der Waals surface area contributed by atoms with Crippen molar-refractivity contribution in [3.63, 3.8) is 0 Å². The molecular weight excluding hydrogens is 470 g/mol. The average Bonchev–Trinajstić information content (AvgIpc) is 3.40. The fourth-order valence-electron chi connectivity index (χ4n) is 3.96. The zero-order valence-electron chi connectivity index (χ0n) is 18.5. The van der Waals surface area contributed by atoms with Crippen molar-refractivity contribution in [3.05, 3.63) is 82.3 Å². The number of ether oxygens (including phenoxy) is 1. The number of benzene rings is 3. The Balaban J connectivity index is 1.18. The van der Waals surface area contributed by atoms with Gasteiger partial charge in [0.25, 0.3) is 0 Å². The molecule has 5 rings (SSSR count). The highest BCUT2D eigenvalue weighted by Crippen LogP contribution is 2.31. The van der Waals surface area contributed by atoms with E-state index in [1.165, 1.54) is 0 Å². The van der Waals surface area contributed by atoms with Gasteiger partial charge in [-0.05, 0) is 67.1 Å². The van der Waals surface area contributed by atoms with Crippen LogP contribution in [-0.2, 0) is 16.2 Å². The lowest BCUT2D eigenvalue weighted by Gasteiger charge is -2.17. The van der Waals surface area contributed by atoms with E-state index in [4.69, 9.17) is 16.3 Å². The predicted molar refractivity (Wildman–Crippen MR) is 136 cm³/mol. The maximum atomic E-state index is 12.8. The van der Waals surface area contributed by atoms with Crippen LogP contribution in [0.4, 0.5) is 11.4 Å². The summed E-state index contributed by atoms with van der Waals surface area (Å²) in [6.07, 6.45) is 0.183. The number of amides is 2. The fourth-order valence-corrected chi connectivity index (χ4v) is 4.89. The molecule has 1 aromatic heterocycles. The molecule has 3 aromatic carbocycles. The molecule has 0 spiro atoms. The zero-order chi connectivity index (χ0) is 23.7. The first-order valence-electron chi connectivity index (χ1n) is 10.9. The van der Waals surface area contributed by atoms with Gasteiger partial charge in [-0.2, -0.15) is 0 Å². The van der Waals surface area contributed by atoms with Crippen molar-refractivity contribution >= 4 is 56.3 Å². The number of thiazole rings is 1. The Kier molecular flexibility index (Phi) is 6.22. The zero-order valence-corrected chi connectivity index (χ0v) is 20.0. The third-order valence-electron chi connectivity index (χ3n) is 5.73. The highest BCUT2D eigenvalue weighted by atomic mass is 35.5. The molecule has 1 aliphatic heterocycles. The second-order valence-electron chi connectivity index (χ2n) is 8.22. The minimum Gasteiger partial charge on any atom is -0.489 e. The number of hydrogen-bond donors (Lipinski definition) is 1. The van der Waals surface area contributed by atoms with E-state index in [0.29, 0.717) is 29.6 Å². The van der Waals surface area contributed by atoms with Gasteiger partial charge in [-0.25, -0.2) is 4.98 Å². The van der Waals surface area contributed by atoms with Crippen LogP contribution in [0, 0.1) is 12.8 Å². The summed E-state index contributed by atoms with van der Waals surface area (Å²) < 4.78 is 6.88. The third kappa shape index (κ3) is 4.90. The predicted octanol–water partition coefficient (Wildman–Crippen LogP) is 5.83. The van der Waals surface area contributed by atoms with Crippen LogP contribution in [0.1, 0.15) is 17.0 Å². The summed E-state index contributed by atoms with van der Waals surface area (Å²) in [5.41, 5.74) is 3.33. The minimum atomic E-state index is -0.416. The number of fused-ring (bicyclic) bond motifs is 1. The highest BCUT2D eigenvalue weighted by Gasteiger charge is 2.35. The van der Waals surface area contributed by atoms with E-state index < -0.39 is 5.92 Å². The van der Waals surface area contributed by atoms with Gasteiger partial charge in [0, 0.05) is 29.4 Å². The van der Waals surface area contributed by atoms with Gasteiger partial charge >= 0.3 is 0 Å². The molecule has 1 fully saturated rings. The summed E-state index contributed by atoms with van der Waals surface area (Å²) in [5, 5.41) is 4.59. The van der Waals surface area contributed by atoms with Crippen LogP contribution in [0.3, 0.4) is 0 Å². The molecule has 0 saturated carbocycles. The lowest BCUT2D eigenvalue weighted by molar-refractivity contribution is -0.122. The van der Waals surface area contributed by atoms with Crippen LogP contribution in [-0.4, -0.2) is 23.3 Å². The molecule has 0 radical (unpaired) electrons. The molecule has 1 atom stereocenters. The Morgan fingerprint density at radius 2 is 1.91 bits per heavy atom. The quantitative estimate of drug-likeness (QED) is 0.368. The molecule has 34 heavy (non-hydrogen) atoms. The number of aromatic nitrogens is 1. The molecular formula is C26H22ClN3O3S. The van der Waals surface area contributed by atoms with Crippen molar-refractivity contribution in [2.24, 2.45) is 5.92 Å². The molecule has 1 aliphatic rings. The van der Waals surface area contributed by atoms with E-state index in [0.717, 1.165) is 26.5 Å². The van der Waals surface area contributed by atoms with Gasteiger partial charge in [0.05, 0.1) is 21.1 Å². The summed E-state index contributed by atoms with van der Waals surface area (Å²) in [6, 6.07) is 20.5. The van der Waals surface area contributed by atoms with Gasteiger partial charge < -0.3 is 15.0 Å².